The first-order valence-corrected chi connectivity index (χ1v) is 10.1. The number of phenols is 1. The molecule has 0 aliphatic heterocycles. The highest BCUT2D eigenvalue weighted by atomic mass is 16.5. The highest BCUT2D eigenvalue weighted by Gasteiger charge is 2.31. The zero-order chi connectivity index (χ0) is 20.9. The van der Waals surface area contributed by atoms with E-state index >= 15 is 0 Å². The lowest BCUT2D eigenvalue weighted by molar-refractivity contribution is -0.137. The second kappa shape index (κ2) is 9.09. The summed E-state index contributed by atoms with van der Waals surface area (Å²) < 4.78 is 5.03. The minimum Gasteiger partial charge on any atom is -0.508 e. The molecular formula is C25H32O3. The maximum Gasteiger partial charge on any atom is 0.331 e. The quantitative estimate of drug-likeness (QED) is 0.467. The van der Waals surface area contributed by atoms with Crippen molar-refractivity contribution in [2.24, 2.45) is 0 Å². The number of hydrogen-bond acceptors (Lipinski definition) is 3. The maximum atomic E-state index is 11.8. The van der Waals surface area contributed by atoms with Gasteiger partial charge in [0.05, 0.1) is 6.61 Å². The van der Waals surface area contributed by atoms with Crippen molar-refractivity contribution in [2.45, 2.75) is 59.8 Å². The maximum absolute atomic E-state index is 11.8. The van der Waals surface area contributed by atoms with Crippen molar-refractivity contribution >= 4 is 11.5 Å². The lowest BCUT2D eigenvalue weighted by Crippen LogP contribution is -2.26. The van der Waals surface area contributed by atoms with Gasteiger partial charge in [-0.05, 0) is 80.0 Å². The Morgan fingerprint density at radius 2 is 1.57 bits per heavy atom. The molecule has 0 aliphatic rings. The number of esters is 1. The topological polar surface area (TPSA) is 46.5 Å². The van der Waals surface area contributed by atoms with E-state index in [2.05, 4.69) is 45.0 Å². The monoisotopic (exact) mass is 380 g/mol. The SMILES string of the molecule is CCOC(=O)/C=C(\C)c1ccc(C(CC)(CC)c2ccc(O)c(C)c2)cc1C. The number of rotatable bonds is 7. The van der Waals surface area contributed by atoms with E-state index in [0.717, 1.165) is 35.1 Å². The van der Waals surface area contributed by atoms with Crippen molar-refractivity contribution in [3.05, 3.63) is 70.3 Å². The fourth-order valence-corrected chi connectivity index (χ4v) is 4.03. The summed E-state index contributed by atoms with van der Waals surface area (Å²) in [4.78, 5) is 11.8. The largest absolute Gasteiger partial charge is 0.508 e. The molecule has 3 nitrogen and oxygen atoms in total. The smallest absolute Gasteiger partial charge is 0.331 e. The van der Waals surface area contributed by atoms with E-state index in [0.29, 0.717) is 12.4 Å². The van der Waals surface area contributed by atoms with Gasteiger partial charge < -0.3 is 9.84 Å². The molecule has 0 fully saturated rings. The van der Waals surface area contributed by atoms with E-state index < -0.39 is 0 Å². The summed E-state index contributed by atoms with van der Waals surface area (Å²) in [6.07, 6.45) is 3.48. The average molecular weight is 381 g/mol. The van der Waals surface area contributed by atoms with Gasteiger partial charge in [-0.15, -0.1) is 0 Å². The fourth-order valence-electron chi connectivity index (χ4n) is 4.03. The molecule has 28 heavy (non-hydrogen) atoms. The third kappa shape index (κ3) is 4.30. The minimum atomic E-state index is -0.306. The molecule has 0 aromatic heterocycles. The standard InChI is InChI=1S/C25H32O3/c1-7-25(8-2,21-11-13-23(26)19(6)15-21)20-10-12-22(17(4)14-20)18(5)16-24(27)28-9-3/h10-16,26H,7-9H2,1-6H3/b18-16+. The Labute approximate surface area is 169 Å². The lowest BCUT2D eigenvalue weighted by atomic mass is 9.69. The number of aromatic hydroxyl groups is 1. The van der Waals surface area contributed by atoms with E-state index in [1.54, 1.807) is 19.1 Å². The van der Waals surface area contributed by atoms with Gasteiger partial charge in [0.15, 0.2) is 0 Å². The van der Waals surface area contributed by atoms with Crippen LogP contribution >= 0.6 is 0 Å². The lowest BCUT2D eigenvalue weighted by Gasteiger charge is -2.34. The summed E-state index contributed by atoms with van der Waals surface area (Å²) in [5.41, 5.74) is 6.36. The van der Waals surface area contributed by atoms with Crippen LogP contribution in [0.5, 0.6) is 5.75 Å². The number of phenolic OH excluding ortho intramolecular Hbond substituents is 1. The summed E-state index contributed by atoms with van der Waals surface area (Å²) in [6.45, 7) is 12.6. The highest BCUT2D eigenvalue weighted by Crippen LogP contribution is 2.41. The van der Waals surface area contributed by atoms with Gasteiger partial charge >= 0.3 is 5.97 Å². The molecule has 2 rings (SSSR count). The van der Waals surface area contributed by atoms with Crippen LogP contribution in [0.4, 0.5) is 0 Å². The van der Waals surface area contributed by atoms with Crippen molar-refractivity contribution < 1.29 is 14.6 Å². The molecule has 0 radical (unpaired) electrons. The number of carbonyl (C=O) groups excluding carboxylic acids is 1. The number of benzene rings is 2. The Morgan fingerprint density at radius 1 is 1.00 bits per heavy atom. The first kappa shape index (κ1) is 21.7. The molecule has 2 aromatic carbocycles. The van der Waals surface area contributed by atoms with Gasteiger partial charge in [-0.2, -0.15) is 0 Å². The van der Waals surface area contributed by atoms with E-state index in [9.17, 15) is 9.90 Å². The van der Waals surface area contributed by atoms with Crippen LogP contribution in [-0.2, 0) is 14.9 Å². The molecule has 0 amide bonds. The summed E-state index contributed by atoms with van der Waals surface area (Å²) >= 11 is 0. The number of ether oxygens (including phenoxy) is 1. The average Bonchev–Trinajstić information content (AvgIpc) is 2.66. The molecule has 0 bridgehead atoms. The Kier molecular flexibility index (Phi) is 7.06. The molecule has 150 valence electrons. The highest BCUT2D eigenvalue weighted by molar-refractivity contribution is 5.91. The van der Waals surface area contributed by atoms with Crippen LogP contribution < -0.4 is 0 Å². The van der Waals surface area contributed by atoms with Gasteiger partial charge in [0, 0.05) is 11.5 Å². The molecule has 0 saturated carbocycles. The second-order valence-corrected chi connectivity index (χ2v) is 7.40. The molecule has 1 N–H and O–H groups in total. The first-order chi connectivity index (χ1) is 13.3. The van der Waals surface area contributed by atoms with Crippen LogP contribution in [-0.4, -0.2) is 17.7 Å². The minimum absolute atomic E-state index is 0.111. The van der Waals surface area contributed by atoms with Crippen LogP contribution in [0.2, 0.25) is 0 Å². The van der Waals surface area contributed by atoms with Gasteiger partial charge in [-0.25, -0.2) is 4.79 Å². The molecule has 0 atom stereocenters. The number of aryl methyl sites for hydroxylation is 2. The second-order valence-electron chi connectivity index (χ2n) is 7.40. The van der Waals surface area contributed by atoms with Crippen LogP contribution in [0.1, 0.15) is 68.4 Å². The Morgan fingerprint density at radius 3 is 2.07 bits per heavy atom. The molecule has 0 heterocycles. The molecule has 2 aromatic rings. The third-order valence-corrected chi connectivity index (χ3v) is 5.78. The van der Waals surface area contributed by atoms with Crippen molar-refractivity contribution in [3.8, 4) is 5.75 Å². The Hall–Kier alpha value is -2.55. The molecule has 0 saturated heterocycles. The first-order valence-electron chi connectivity index (χ1n) is 10.1. The fraction of sp³-hybridized carbons (Fsp3) is 0.400. The van der Waals surface area contributed by atoms with Gasteiger partial charge in [-0.3, -0.25) is 0 Å². The molecule has 0 spiro atoms. The zero-order valence-electron chi connectivity index (χ0n) is 17.9. The Balaban J connectivity index is 2.51. The van der Waals surface area contributed by atoms with Crippen LogP contribution in [0.3, 0.4) is 0 Å². The number of carbonyl (C=O) groups is 1. The number of allylic oxidation sites excluding steroid dienone is 1. The van der Waals surface area contributed by atoms with Crippen LogP contribution in [0.25, 0.3) is 5.57 Å². The normalized spacial score (nSPS) is 12.1. The third-order valence-electron chi connectivity index (χ3n) is 5.78. The van der Waals surface area contributed by atoms with Gasteiger partial charge in [0.25, 0.3) is 0 Å². The van der Waals surface area contributed by atoms with E-state index in [4.69, 9.17) is 4.74 Å². The Bertz CT molecular complexity index is 873. The van der Waals surface area contributed by atoms with Crippen LogP contribution in [0.15, 0.2) is 42.5 Å². The van der Waals surface area contributed by atoms with Crippen molar-refractivity contribution in [2.75, 3.05) is 6.61 Å². The predicted octanol–water partition coefficient (Wildman–Crippen LogP) is 6.08. The van der Waals surface area contributed by atoms with Crippen LogP contribution in [0, 0.1) is 13.8 Å². The van der Waals surface area contributed by atoms with Gasteiger partial charge in [-0.1, -0.05) is 44.2 Å². The van der Waals surface area contributed by atoms with Crippen molar-refractivity contribution in [3.63, 3.8) is 0 Å². The molecule has 0 aliphatic carbocycles. The van der Waals surface area contributed by atoms with E-state index in [1.807, 2.05) is 19.9 Å². The van der Waals surface area contributed by atoms with Gasteiger partial charge in [0.2, 0.25) is 0 Å². The van der Waals surface area contributed by atoms with Crippen molar-refractivity contribution in [1.82, 2.24) is 0 Å². The summed E-state index contributed by atoms with van der Waals surface area (Å²) in [6, 6.07) is 12.4. The molecule has 0 unspecified atom stereocenters. The van der Waals surface area contributed by atoms with Crippen molar-refractivity contribution in [1.29, 1.82) is 0 Å². The number of hydrogen-bond donors (Lipinski definition) is 1. The molecular weight excluding hydrogens is 348 g/mol. The molecule has 3 heteroatoms. The van der Waals surface area contributed by atoms with E-state index in [-0.39, 0.29) is 11.4 Å². The predicted molar refractivity (Wildman–Crippen MR) is 116 cm³/mol. The van der Waals surface area contributed by atoms with Gasteiger partial charge in [0.1, 0.15) is 5.75 Å². The summed E-state index contributed by atoms with van der Waals surface area (Å²) in [5, 5.41) is 9.93. The van der Waals surface area contributed by atoms with E-state index in [1.165, 1.54) is 11.1 Å². The summed E-state index contributed by atoms with van der Waals surface area (Å²) in [7, 11) is 0. The zero-order valence-corrected chi connectivity index (χ0v) is 17.9. The summed E-state index contributed by atoms with van der Waals surface area (Å²) in [5.74, 6) is 0.0237.